The molecule has 0 aliphatic heterocycles. The van der Waals surface area contributed by atoms with E-state index in [1.165, 1.54) is 65.3 Å². The summed E-state index contributed by atoms with van der Waals surface area (Å²) < 4.78 is 0. The molecular weight excluding hydrogens is 751 g/mol. The van der Waals surface area contributed by atoms with Gasteiger partial charge in [0, 0.05) is 16.7 Å². The Morgan fingerprint density at radius 3 is 1.21 bits per heavy atom. The van der Waals surface area contributed by atoms with Gasteiger partial charge in [-0.3, -0.25) is 0 Å². The Kier molecular flexibility index (Phi) is 8.50. The van der Waals surface area contributed by atoms with Crippen LogP contribution in [0.5, 0.6) is 0 Å². The number of nitrogens with zero attached hydrogens (tertiary/aromatic N) is 3. The number of hydrogen-bond donors (Lipinski definition) is 0. The molecule has 0 radical (unpaired) electrons. The molecule has 0 saturated carbocycles. The predicted octanol–water partition coefficient (Wildman–Crippen LogP) is 15.6. The molecule has 0 fully saturated rings. The van der Waals surface area contributed by atoms with Gasteiger partial charge in [0.1, 0.15) is 0 Å². The summed E-state index contributed by atoms with van der Waals surface area (Å²) >= 11 is 0. The van der Waals surface area contributed by atoms with E-state index < -0.39 is 0 Å². The maximum absolute atomic E-state index is 5.31. The molecule has 0 bridgehead atoms. The molecule has 0 atom stereocenters. The van der Waals surface area contributed by atoms with Crippen molar-refractivity contribution < 1.29 is 0 Å². The molecule has 12 rings (SSSR count). The van der Waals surface area contributed by atoms with E-state index in [1.807, 2.05) is 24.3 Å². The van der Waals surface area contributed by atoms with Gasteiger partial charge >= 0.3 is 0 Å². The van der Waals surface area contributed by atoms with Crippen LogP contribution in [0.15, 0.2) is 224 Å². The van der Waals surface area contributed by atoms with Crippen molar-refractivity contribution in [2.75, 3.05) is 0 Å². The van der Waals surface area contributed by atoms with E-state index in [0.717, 1.165) is 38.6 Å². The van der Waals surface area contributed by atoms with Gasteiger partial charge in [-0.1, -0.05) is 212 Å². The first-order chi connectivity index (χ1) is 30.8. The van der Waals surface area contributed by atoms with Crippen molar-refractivity contribution in [2.45, 2.75) is 0 Å². The normalized spacial score (nSPS) is 11.5. The number of rotatable bonds is 6. The van der Waals surface area contributed by atoms with E-state index in [9.17, 15) is 0 Å². The molecule has 12 aromatic rings. The molecule has 3 heteroatoms. The average Bonchev–Trinajstić information content (AvgIpc) is 3.35. The molecule has 1 heterocycles. The van der Waals surface area contributed by atoms with Crippen molar-refractivity contribution in [2.24, 2.45) is 0 Å². The smallest absolute Gasteiger partial charge is 0.164 e. The van der Waals surface area contributed by atoms with Gasteiger partial charge in [-0.25, -0.2) is 15.0 Å². The van der Waals surface area contributed by atoms with Crippen molar-refractivity contribution >= 4 is 53.9 Å². The van der Waals surface area contributed by atoms with Gasteiger partial charge in [-0.05, 0) is 99.4 Å². The van der Waals surface area contributed by atoms with E-state index >= 15 is 0 Å². The molecular formula is C59H37N3. The fourth-order valence-corrected chi connectivity index (χ4v) is 9.56. The fraction of sp³-hybridized carbons (Fsp3) is 0. The van der Waals surface area contributed by atoms with Crippen molar-refractivity contribution in [3.05, 3.63) is 224 Å². The maximum atomic E-state index is 5.31. The van der Waals surface area contributed by atoms with Crippen molar-refractivity contribution in [1.82, 2.24) is 15.0 Å². The van der Waals surface area contributed by atoms with Crippen LogP contribution in [0.2, 0.25) is 0 Å². The standard InChI is InChI=1S/C59H37N3/c1-3-19-38(20-4-1)41-24-9-18-34-52(41)58-60-57(39-21-5-2-6-22-39)61-59(62-58)53-36-35-51(44-27-11-12-28-45(44)53)55-47-30-14-16-32-49(47)56(50-33-17-15-31-48(50)55)54-37-40-23-7-8-25-42(40)43-26-10-13-29-46(43)54/h1-37H. The number of fused-ring (bicyclic) bond motifs is 6. The number of aromatic nitrogens is 3. The van der Waals surface area contributed by atoms with Crippen LogP contribution in [0.25, 0.3) is 121 Å². The minimum absolute atomic E-state index is 0.632. The first-order valence-electron chi connectivity index (χ1n) is 21.1. The number of hydrogen-bond acceptors (Lipinski definition) is 3. The highest BCUT2D eigenvalue weighted by molar-refractivity contribution is 6.27. The zero-order valence-corrected chi connectivity index (χ0v) is 33.7. The molecule has 1 aromatic heterocycles. The van der Waals surface area contributed by atoms with Crippen LogP contribution < -0.4 is 0 Å². The topological polar surface area (TPSA) is 38.7 Å². The number of benzene rings is 11. The summed E-state index contributed by atoms with van der Waals surface area (Å²) in [5, 5.41) is 12.1. The van der Waals surface area contributed by atoms with Crippen LogP contribution in [-0.2, 0) is 0 Å². The largest absolute Gasteiger partial charge is 0.208 e. The van der Waals surface area contributed by atoms with Crippen LogP contribution in [0.3, 0.4) is 0 Å². The van der Waals surface area contributed by atoms with E-state index in [1.54, 1.807) is 0 Å². The van der Waals surface area contributed by atoms with Crippen LogP contribution in [0.4, 0.5) is 0 Å². The van der Waals surface area contributed by atoms with Crippen LogP contribution in [-0.4, -0.2) is 15.0 Å². The first kappa shape index (κ1) is 35.7. The quantitative estimate of drug-likeness (QED) is 0.124. The Morgan fingerprint density at radius 2 is 0.597 bits per heavy atom. The maximum Gasteiger partial charge on any atom is 0.164 e. The Morgan fingerprint density at radius 1 is 0.210 bits per heavy atom. The summed E-state index contributed by atoms with van der Waals surface area (Å²) in [7, 11) is 0. The van der Waals surface area contributed by atoms with E-state index in [4.69, 9.17) is 15.0 Å². The van der Waals surface area contributed by atoms with Crippen LogP contribution in [0, 0.1) is 0 Å². The van der Waals surface area contributed by atoms with E-state index in [-0.39, 0.29) is 0 Å². The second-order valence-electron chi connectivity index (χ2n) is 15.8. The van der Waals surface area contributed by atoms with Gasteiger partial charge in [0.05, 0.1) is 0 Å². The molecule has 0 saturated heterocycles. The van der Waals surface area contributed by atoms with Gasteiger partial charge in [0.25, 0.3) is 0 Å². The lowest BCUT2D eigenvalue weighted by Crippen LogP contribution is -2.01. The third kappa shape index (κ3) is 5.86. The molecule has 0 aliphatic carbocycles. The van der Waals surface area contributed by atoms with Crippen LogP contribution in [0.1, 0.15) is 0 Å². The van der Waals surface area contributed by atoms with Crippen LogP contribution >= 0.6 is 0 Å². The zero-order valence-electron chi connectivity index (χ0n) is 33.7. The molecule has 11 aromatic carbocycles. The summed E-state index contributed by atoms with van der Waals surface area (Å²) in [5.74, 6) is 1.90. The lowest BCUT2D eigenvalue weighted by molar-refractivity contribution is 1.08. The summed E-state index contributed by atoms with van der Waals surface area (Å²) in [6.45, 7) is 0. The monoisotopic (exact) mass is 787 g/mol. The molecule has 62 heavy (non-hydrogen) atoms. The third-order valence-electron chi connectivity index (χ3n) is 12.3. The minimum atomic E-state index is 0.632. The van der Waals surface area contributed by atoms with Gasteiger partial charge < -0.3 is 0 Å². The molecule has 0 amide bonds. The van der Waals surface area contributed by atoms with Crippen molar-refractivity contribution in [1.29, 1.82) is 0 Å². The zero-order chi connectivity index (χ0) is 41.0. The van der Waals surface area contributed by atoms with Gasteiger partial charge in [-0.15, -0.1) is 0 Å². The highest BCUT2D eigenvalue weighted by Gasteiger charge is 2.22. The fourth-order valence-electron chi connectivity index (χ4n) is 9.56. The van der Waals surface area contributed by atoms with E-state index in [0.29, 0.717) is 17.5 Å². The molecule has 0 spiro atoms. The molecule has 0 N–H and O–H groups in total. The van der Waals surface area contributed by atoms with Crippen molar-refractivity contribution in [3.63, 3.8) is 0 Å². The van der Waals surface area contributed by atoms with Crippen molar-refractivity contribution in [3.8, 4) is 67.5 Å². The Bertz CT molecular complexity index is 3630. The first-order valence-corrected chi connectivity index (χ1v) is 21.1. The molecule has 288 valence electrons. The second kappa shape index (κ2) is 14.8. The summed E-state index contributed by atoms with van der Waals surface area (Å²) in [6.07, 6.45) is 0. The van der Waals surface area contributed by atoms with Gasteiger partial charge in [0.2, 0.25) is 0 Å². The molecule has 0 unspecified atom stereocenters. The highest BCUT2D eigenvalue weighted by atomic mass is 15.0. The summed E-state index contributed by atoms with van der Waals surface area (Å²) in [6, 6.07) is 80.1. The summed E-state index contributed by atoms with van der Waals surface area (Å²) in [5.41, 5.74) is 9.91. The molecule has 3 nitrogen and oxygen atoms in total. The second-order valence-corrected chi connectivity index (χ2v) is 15.8. The van der Waals surface area contributed by atoms with Gasteiger partial charge in [0.15, 0.2) is 17.5 Å². The van der Waals surface area contributed by atoms with Gasteiger partial charge in [-0.2, -0.15) is 0 Å². The Hall–Kier alpha value is -8.27. The lowest BCUT2D eigenvalue weighted by Gasteiger charge is -2.21. The Balaban J connectivity index is 1.11. The Labute approximate surface area is 359 Å². The predicted molar refractivity (Wildman–Crippen MR) is 260 cm³/mol. The highest BCUT2D eigenvalue weighted by Crippen LogP contribution is 2.48. The SMILES string of the molecule is c1ccc(-c2nc(-c3ccccc3-c3ccccc3)nc(-c3ccc(-c4c5ccccc5c(-c5cc6ccccc6c6ccccc56)c5ccccc45)c4ccccc34)n2)cc1. The van der Waals surface area contributed by atoms with E-state index in [2.05, 4.69) is 200 Å². The third-order valence-corrected chi connectivity index (χ3v) is 12.3. The summed E-state index contributed by atoms with van der Waals surface area (Å²) in [4.78, 5) is 15.7. The minimum Gasteiger partial charge on any atom is -0.208 e. The lowest BCUT2D eigenvalue weighted by atomic mass is 9.82. The molecule has 0 aliphatic rings. The average molecular weight is 788 g/mol.